The minimum absolute atomic E-state index is 0.0365. The highest BCUT2D eigenvalue weighted by Crippen LogP contribution is 2.26. The highest BCUT2D eigenvalue weighted by Gasteiger charge is 2.30. The van der Waals surface area contributed by atoms with Crippen molar-refractivity contribution in [2.24, 2.45) is 5.92 Å². The van der Waals surface area contributed by atoms with E-state index in [0.717, 1.165) is 23.4 Å². The summed E-state index contributed by atoms with van der Waals surface area (Å²) in [6.45, 7) is 8.70. The van der Waals surface area contributed by atoms with Crippen molar-refractivity contribution in [3.63, 3.8) is 0 Å². The van der Waals surface area contributed by atoms with Crippen molar-refractivity contribution in [2.45, 2.75) is 47.0 Å². The van der Waals surface area contributed by atoms with Gasteiger partial charge in [0.25, 0.3) is 5.56 Å². The van der Waals surface area contributed by atoms with Gasteiger partial charge in [0, 0.05) is 34.9 Å². The van der Waals surface area contributed by atoms with E-state index in [1.54, 1.807) is 28.8 Å². The summed E-state index contributed by atoms with van der Waals surface area (Å²) in [7, 11) is 0. The standard InChI is InChI=1S/C28H30ClN5O4S/c1-5-38-27(37)19-7-6-10-32(14-19)24(35)13-21-15-39-28-30-18(4)25(26(36)33(21)28)22-11-17(3)34(31-22)23-12-20(29)9-8-16(23)2/h8-9,11-12,15,19H,5-7,10,13-14H2,1-4H3. The van der Waals surface area contributed by atoms with Crippen molar-refractivity contribution in [1.82, 2.24) is 24.1 Å². The van der Waals surface area contributed by atoms with Crippen molar-refractivity contribution < 1.29 is 14.3 Å². The van der Waals surface area contributed by atoms with E-state index in [1.165, 1.54) is 15.7 Å². The Labute approximate surface area is 235 Å². The summed E-state index contributed by atoms with van der Waals surface area (Å²) < 4.78 is 8.45. The van der Waals surface area contributed by atoms with Crippen LogP contribution >= 0.6 is 22.9 Å². The Balaban J connectivity index is 1.47. The van der Waals surface area contributed by atoms with Crippen LogP contribution in [0.15, 0.2) is 34.4 Å². The highest BCUT2D eigenvalue weighted by atomic mass is 35.5. The number of fused-ring (bicyclic) bond motifs is 1. The number of amides is 1. The Kier molecular flexibility index (Phi) is 7.59. The second kappa shape index (κ2) is 10.9. The molecule has 4 heterocycles. The second-order valence-electron chi connectivity index (χ2n) is 9.84. The van der Waals surface area contributed by atoms with Crippen LogP contribution in [0.5, 0.6) is 0 Å². The first-order valence-corrected chi connectivity index (χ1v) is 14.2. The zero-order valence-electron chi connectivity index (χ0n) is 22.4. The first kappa shape index (κ1) is 27.1. The quantitative estimate of drug-likeness (QED) is 0.317. The minimum Gasteiger partial charge on any atom is -0.466 e. The molecular formula is C28H30ClN5O4S. The van der Waals surface area contributed by atoms with E-state index < -0.39 is 0 Å². The van der Waals surface area contributed by atoms with E-state index in [4.69, 9.17) is 21.4 Å². The topological polar surface area (TPSA) is 98.8 Å². The number of aromatic nitrogens is 4. The first-order valence-electron chi connectivity index (χ1n) is 13.0. The molecule has 1 aliphatic heterocycles. The molecule has 0 radical (unpaired) electrons. The number of thiazole rings is 1. The van der Waals surface area contributed by atoms with E-state index >= 15 is 0 Å². The number of halogens is 1. The van der Waals surface area contributed by atoms with E-state index in [2.05, 4.69) is 4.98 Å². The van der Waals surface area contributed by atoms with Gasteiger partial charge in [-0.3, -0.25) is 18.8 Å². The molecule has 11 heteroatoms. The highest BCUT2D eigenvalue weighted by molar-refractivity contribution is 7.15. The van der Waals surface area contributed by atoms with Crippen molar-refractivity contribution in [3.05, 3.63) is 67.7 Å². The lowest BCUT2D eigenvalue weighted by Gasteiger charge is -2.31. The Morgan fingerprint density at radius 3 is 2.77 bits per heavy atom. The smallest absolute Gasteiger partial charge is 0.310 e. The van der Waals surface area contributed by atoms with Crippen LogP contribution in [-0.2, 0) is 20.7 Å². The summed E-state index contributed by atoms with van der Waals surface area (Å²) in [4.78, 5) is 46.2. The monoisotopic (exact) mass is 567 g/mol. The molecule has 204 valence electrons. The third kappa shape index (κ3) is 5.23. The molecule has 1 atom stereocenters. The van der Waals surface area contributed by atoms with Crippen molar-refractivity contribution >= 4 is 39.8 Å². The average molecular weight is 568 g/mol. The lowest BCUT2D eigenvalue weighted by molar-refractivity contribution is -0.151. The maximum atomic E-state index is 13.9. The SMILES string of the molecule is CCOC(=O)C1CCCN(C(=O)Cc2csc3nc(C)c(-c4cc(C)n(-c5cc(Cl)ccc5C)n4)c(=O)n23)C1. The van der Waals surface area contributed by atoms with Crippen LogP contribution in [0.1, 0.15) is 42.4 Å². The molecule has 1 aromatic carbocycles. The third-order valence-electron chi connectivity index (χ3n) is 7.09. The molecule has 3 aromatic heterocycles. The van der Waals surface area contributed by atoms with E-state index in [9.17, 15) is 14.4 Å². The number of likely N-dealkylation sites (tertiary alicyclic amines) is 1. The van der Waals surface area contributed by atoms with Crippen LogP contribution in [-0.4, -0.2) is 55.6 Å². The normalized spacial score (nSPS) is 15.6. The Hall–Kier alpha value is -3.50. The van der Waals surface area contributed by atoms with Crippen LogP contribution in [0, 0.1) is 26.7 Å². The third-order valence-corrected chi connectivity index (χ3v) is 8.20. The fourth-order valence-electron chi connectivity index (χ4n) is 5.10. The van der Waals surface area contributed by atoms with Crippen LogP contribution in [0.25, 0.3) is 21.9 Å². The summed E-state index contributed by atoms with van der Waals surface area (Å²) in [5.74, 6) is -0.713. The lowest BCUT2D eigenvalue weighted by atomic mass is 9.98. The van der Waals surface area contributed by atoms with Gasteiger partial charge >= 0.3 is 5.97 Å². The molecule has 4 aromatic rings. The molecule has 9 nitrogen and oxygen atoms in total. The number of piperidine rings is 1. The number of rotatable bonds is 6. The van der Waals surface area contributed by atoms with Crippen LogP contribution in [0.2, 0.25) is 5.02 Å². The molecule has 0 aliphatic carbocycles. The molecule has 0 saturated carbocycles. The molecule has 39 heavy (non-hydrogen) atoms. The summed E-state index contributed by atoms with van der Waals surface area (Å²) in [6.07, 6.45) is 1.48. The fourth-order valence-corrected chi connectivity index (χ4v) is 6.19. The van der Waals surface area contributed by atoms with E-state index in [-0.39, 0.29) is 29.8 Å². The molecule has 0 bridgehead atoms. The molecule has 1 aliphatic rings. The maximum absolute atomic E-state index is 13.9. The number of benzene rings is 1. The molecular weight excluding hydrogens is 538 g/mol. The van der Waals surface area contributed by atoms with Gasteiger partial charge in [0.05, 0.1) is 35.9 Å². The first-order chi connectivity index (χ1) is 18.7. The Bertz CT molecular complexity index is 1640. The maximum Gasteiger partial charge on any atom is 0.310 e. The summed E-state index contributed by atoms with van der Waals surface area (Å²) in [5, 5.41) is 7.16. The van der Waals surface area contributed by atoms with Gasteiger partial charge in [-0.15, -0.1) is 11.3 Å². The van der Waals surface area contributed by atoms with E-state index in [0.29, 0.717) is 58.7 Å². The summed E-state index contributed by atoms with van der Waals surface area (Å²) in [6, 6.07) is 7.46. The van der Waals surface area contributed by atoms with Crippen molar-refractivity contribution in [3.8, 4) is 16.9 Å². The number of carbonyl (C=O) groups is 2. The van der Waals surface area contributed by atoms with Gasteiger partial charge in [0.15, 0.2) is 4.96 Å². The van der Waals surface area contributed by atoms with Crippen LogP contribution in [0.3, 0.4) is 0 Å². The van der Waals surface area contributed by atoms with Crippen molar-refractivity contribution in [2.75, 3.05) is 19.7 Å². The Morgan fingerprint density at radius 1 is 1.21 bits per heavy atom. The number of esters is 1. The summed E-state index contributed by atoms with van der Waals surface area (Å²) in [5.41, 5.74) is 4.45. The summed E-state index contributed by atoms with van der Waals surface area (Å²) >= 11 is 7.56. The number of aryl methyl sites for hydroxylation is 3. The molecule has 1 saturated heterocycles. The molecule has 1 fully saturated rings. The second-order valence-corrected chi connectivity index (χ2v) is 11.1. The van der Waals surface area contributed by atoms with Gasteiger partial charge in [-0.25, -0.2) is 9.67 Å². The van der Waals surface area contributed by atoms with Gasteiger partial charge in [0.1, 0.15) is 5.69 Å². The molecule has 0 spiro atoms. The largest absolute Gasteiger partial charge is 0.466 e. The van der Waals surface area contributed by atoms with Gasteiger partial charge in [-0.1, -0.05) is 17.7 Å². The van der Waals surface area contributed by atoms with Gasteiger partial charge in [0.2, 0.25) is 5.91 Å². The number of hydrogen-bond donors (Lipinski definition) is 0. The number of hydrogen-bond acceptors (Lipinski definition) is 7. The molecule has 1 unspecified atom stereocenters. The zero-order valence-corrected chi connectivity index (χ0v) is 23.9. The number of nitrogens with zero attached hydrogens (tertiary/aromatic N) is 5. The number of ether oxygens (including phenoxy) is 1. The predicted octanol–water partition coefficient (Wildman–Crippen LogP) is 4.53. The van der Waals surface area contributed by atoms with Crippen LogP contribution < -0.4 is 5.56 Å². The van der Waals surface area contributed by atoms with E-state index in [1.807, 2.05) is 38.1 Å². The average Bonchev–Trinajstić information content (AvgIpc) is 3.48. The fraction of sp³-hybridized carbons (Fsp3) is 0.393. The van der Waals surface area contributed by atoms with Gasteiger partial charge in [-0.05, 0) is 64.3 Å². The van der Waals surface area contributed by atoms with Crippen molar-refractivity contribution in [1.29, 1.82) is 0 Å². The molecule has 0 N–H and O–H groups in total. The molecule has 1 amide bonds. The predicted molar refractivity (Wildman–Crippen MR) is 151 cm³/mol. The Morgan fingerprint density at radius 2 is 2.00 bits per heavy atom. The number of carbonyl (C=O) groups excluding carboxylic acids is 2. The minimum atomic E-state index is -0.318. The van der Waals surface area contributed by atoms with Crippen LogP contribution in [0.4, 0.5) is 0 Å². The van der Waals surface area contributed by atoms with Gasteiger partial charge in [-0.2, -0.15) is 5.10 Å². The zero-order chi connectivity index (χ0) is 27.8. The molecule has 5 rings (SSSR count). The van der Waals surface area contributed by atoms with Gasteiger partial charge < -0.3 is 9.64 Å². The lowest BCUT2D eigenvalue weighted by Crippen LogP contribution is -2.43.